The van der Waals surface area contributed by atoms with Crippen molar-refractivity contribution in [3.63, 3.8) is 0 Å². The predicted molar refractivity (Wildman–Crippen MR) is 96.4 cm³/mol. The van der Waals surface area contributed by atoms with Crippen molar-refractivity contribution >= 4 is 5.91 Å². The van der Waals surface area contributed by atoms with E-state index in [1.54, 1.807) is 0 Å². The fourth-order valence-corrected chi connectivity index (χ4v) is 3.16. The molecule has 1 amide bonds. The van der Waals surface area contributed by atoms with Crippen LogP contribution >= 0.6 is 0 Å². The Morgan fingerprint density at radius 1 is 1.38 bits per heavy atom. The molecule has 0 saturated carbocycles. The first-order valence-corrected chi connectivity index (χ1v) is 8.81. The normalized spacial score (nSPS) is 20.8. The molecule has 5 heteroatoms. The topological polar surface area (TPSA) is 67.6 Å². The molecule has 134 valence electrons. The number of nitrogens with two attached hydrogens (primary N) is 1. The minimum Gasteiger partial charge on any atom is -0.377 e. The second kappa shape index (κ2) is 8.60. The molecule has 0 aromatic heterocycles. The van der Waals surface area contributed by atoms with E-state index in [4.69, 9.17) is 10.5 Å². The first-order chi connectivity index (χ1) is 11.4. The molecule has 2 rings (SSSR count). The van der Waals surface area contributed by atoms with Gasteiger partial charge in [0.05, 0.1) is 13.2 Å². The highest BCUT2D eigenvalue weighted by atomic mass is 16.5. The number of rotatable bonds is 7. The third-order valence-corrected chi connectivity index (χ3v) is 4.81. The molecule has 3 N–H and O–H groups in total. The molecule has 1 unspecified atom stereocenters. The molecule has 0 radical (unpaired) electrons. The summed E-state index contributed by atoms with van der Waals surface area (Å²) in [6.45, 7) is 10.3. The first-order valence-electron chi connectivity index (χ1n) is 8.81. The summed E-state index contributed by atoms with van der Waals surface area (Å²) in [5, 5.41) is 3.03. The van der Waals surface area contributed by atoms with Gasteiger partial charge >= 0.3 is 0 Å². The zero-order chi connectivity index (χ0) is 17.6. The molecular formula is C19H31N3O2. The summed E-state index contributed by atoms with van der Waals surface area (Å²) in [6.07, 6.45) is 0.942. The molecule has 1 aromatic carbocycles. The zero-order valence-corrected chi connectivity index (χ0v) is 15.2. The van der Waals surface area contributed by atoms with Crippen LogP contribution in [0.2, 0.25) is 0 Å². The van der Waals surface area contributed by atoms with Gasteiger partial charge in [-0.3, -0.25) is 9.69 Å². The molecule has 1 aromatic rings. The fraction of sp³-hybridized carbons (Fsp3) is 0.632. The second-order valence-electron chi connectivity index (χ2n) is 7.28. The summed E-state index contributed by atoms with van der Waals surface area (Å²) < 4.78 is 5.49. The number of piperidine rings is 1. The Hall–Kier alpha value is -1.43. The Morgan fingerprint density at radius 2 is 2.08 bits per heavy atom. The van der Waals surface area contributed by atoms with E-state index in [1.807, 2.05) is 31.2 Å². The van der Waals surface area contributed by atoms with Gasteiger partial charge in [-0.2, -0.15) is 0 Å². The smallest absolute Gasteiger partial charge is 0.234 e. The van der Waals surface area contributed by atoms with E-state index < -0.39 is 0 Å². The van der Waals surface area contributed by atoms with Crippen molar-refractivity contribution in [2.45, 2.75) is 46.4 Å². The van der Waals surface area contributed by atoms with Gasteiger partial charge in [0.25, 0.3) is 0 Å². The number of amides is 1. The van der Waals surface area contributed by atoms with Crippen LogP contribution in [0.15, 0.2) is 24.3 Å². The van der Waals surface area contributed by atoms with Crippen LogP contribution in [0, 0.1) is 5.41 Å². The van der Waals surface area contributed by atoms with Crippen LogP contribution in [-0.2, 0) is 22.7 Å². The molecule has 1 atom stereocenters. The number of hydrogen-bond donors (Lipinski definition) is 2. The van der Waals surface area contributed by atoms with Gasteiger partial charge in [0.1, 0.15) is 0 Å². The lowest BCUT2D eigenvalue weighted by molar-refractivity contribution is -0.123. The number of hydrogen-bond acceptors (Lipinski definition) is 4. The molecule has 1 fully saturated rings. The molecule has 24 heavy (non-hydrogen) atoms. The number of likely N-dealkylation sites (tertiary alicyclic amines) is 1. The third-order valence-electron chi connectivity index (χ3n) is 4.81. The van der Waals surface area contributed by atoms with E-state index in [2.05, 4.69) is 24.1 Å². The summed E-state index contributed by atoms with van der Waals surface area (Å²) >= 11 is 0. The average Bonchev–Trinajstić information content (AvgIpc) is 2.55. The van der Waals surface area contributed by atoms with Crippen molar-refractivity contribution in [1.29, 1.82) is 0 Å². The average molecular weight is 333 g/mol. The lowest BCUT2D eigenvalue weighted by atomic mass is 9.80. The largest absolute Gasteiger partial charge is 0.377 e. The molecule has 1 aliphatic heterocycles. The zero-order valence-electron chi connectivity index (χ0n) is 15.2. The van der Waals surface area contributed by atoms with Crippen molar-refractivity contribution in [2.24, 2.45) is 11.1 Å². The summed E-state index contributed by atoms with van der Waals surface area (Å²) in [7, 11) is 0. The maximum atomic E-state index is 12.3. The van der Waals surface area contributed by atoms with E-state index in [-0.39, 0.29) is 17.4 Å². The fourth-order valence-electron chi connectivity index (χ4n) is 3.16. The van der Waals surface area contributed by atoms with Crippen LogP contribution in [0.4, 0.5) is 0 Å². The first kappa shape index (κ1) is 18.9. The van der Waals surface area contributed by atoms with Gasteiger partial charge in [-0.05, 0) is 29.9 Å². The Labute approximate surface area is 145 Å². The number of carbonyl (C=O) groups is 1. The monoisotopic (exact) mass is 333 g/mol. The highest BCUT2D eigenvalue weighted by Gasteiger charge is 2.33. The highest BCUT2D eigenvalue weighted by molar-refractivity contribution is 5.78. The van der Waals surface area contributed by atoms with E-state index in [0.717, 1.165) is 30.6 Å². The third kappa shape index (κ3) is 5.30. The Bertz CT molecular complexity index is 545. The van der Waals surface area contributed by atoms with Crippen molar-refractivity contribution in [3.05, 3.63) is 35.4 Å². The molecule has 0 spiro atoms. The van der Waals surface area contributed by atoms with Gasteiger partial charge in [-0.15, -0.1) is 0 Å². The molecular weight excluding hydrogens is 302 g/mol. The van der Waals surface area contributed by atoms with E-state index in [0.29, 0.717) is 26.3 Å². The number of ether oxygens (including phenoxy) is 1. The quantitative estimate of drug-likeness (QED) is 0.800. The molecule has 1 aliphatic rings. The van der Waals surface area contributed by atoms with Crippen molar-refractivity contribution in [2.75, 3.05) is 26.2 Å². The molecule has 0 aliphatic carbocycles. The van der Waals surface area contributed by atoms with Crippen molar-refractivity contribution in [1.82, 2.24) is 10.2 Å². The second-order valence-corrected chi connectivity index (χ2v) is 7.28. The van der Waals surface area contributed by atoms with Crippen LogP contribution in [0.3, 0.4) is 0 Å². The van der Waals surface area contributed by atoms with Crippen LogP contribution in [-0.4, -0.2) is 43.1 Å². The lowest BCUT2D eigenvalue weighted by Crippen LogP contribution is -2.54. The summed E-state index contributed by atoms with van der Waals surface area (Å²) in [5.74, 6) is 0.0625. The maximum absolute atomic E-state index is 12.3. The van der Waals surface area contributed by atoms with Gasteiger partial charge in [0, 0.05) is 32.3 Å². The summed E-state index contributed by atoms with van der Waals surface area (Å²) in [4.78, 5) is 14.5. The molecule has 1 saturated heterocycles. The van der Waals surface area contributed by atoms with E-state index >= 15 is 0 Å². The van der Waals surface area contributed by atoms with E-state index in [9.17, 15) is 4.79 Å². The van der Waals surface area contributed by atoms with Crippen molar-refractivity contribution < 1.29 is 9.53 Å². The maximum Gasteiger partial charge on any atom is 0.234 e. The van der Waals surface area contributed by atoms with E-state index in [1.165, 1.54) is 0 Å². The minimum atomic E-state index is 0.0582. The Morgan fingerprint density at radius 3 is 2.75 bits per heavy atom. The lowest BCUT2D eigenvalue weighted by Gasteiger charge is -2.42. The summed E-state index contributed by atoms with van der Waals surface area (Å²) in [6, 6.07) is 8.29. The van der Waals surface area contributed by atoms with Gasteiger partial charge in [0.2, 0.25) is 5.91 Å². The summed E-state index contributed by atoms with van der Waals surface area (Å²) in [5.41, 5.74) is 8.46. The number of benzene rings is 1. The van der Waals surface area contributed by atoms with Crippen LogP contribution < -0.4 is 11.1 Å². The van der Waals surface area contributed by atoms with Crippen LogP contribution in [0.5, 0.6) is 0 Å². The number of nitrogens with zero attached hydrogens (tertiary/aromatic N) is 1. The van der Waals surface area contributed by atoms with Crippen LogP contribution in [0.25, 0.3) is 0 Å². The number of carbonyl (C=O) groups excluding carboxylic acids is 1. The van der Waals surface area contributed by atoms with Gasteiger partial charge in [0.15, 0.2) is 0 Å². The Balaban J connectivity index is 1.83. The Kier molecular flexibility index (Phi) is 6.78. The van der Waals surface area contributed by atoms with Crippen molar-refractivity contribution in [3.8, 4) is 0 Å². The van der Waals surface area contributed by atoms with Gasteiger partial charge in [-0.25, -0.2) is 0 Å². The van der Waals surface area contributed by atoms with Gasteiger partial charge < -0.3 is 15.8 Å². The van der Waals surface area contributed by atoms with Crippen LogP contribution in [0.1, 0.15) is 38.3 Å². The number of nitrogens with one attached hydrogen (secondary N) is 1. The SMILES string of the molecule is CCOCc1ccccc1CNC(=O)CN1CCC(N)C(C)(C)C1. The molecule has 1 heterocycles. The van der Waals surface area contributed by atoms with Gasteiger partial charge in [-0.1, -0.05) is 38.1 Å². The molecule has 0 bridgehead atoms. The highest BCUT2D eigenvalue weighted by Crippen LogP contribution is 2.27. The standard InChI is InChI=1S/C19H31N3O2/c1-4-24-13-16-8-6-5-7-15(16)11-21-18(23)12-22-10-9-17(20)19(2,3)14-22/h5-8,17H,4,9-14,20H2,1-3H3,(H,21,23). The predicted octanol–water partition coefficient (Wildman–Crippen LogP) is 1.90. The molecule has 5 nitrogen and oxygen atoms in total. The minimum absolute atomic E-state index is 0.0582.